The number of allylic oxidation sites excluding steroid dienone is 2. The summed E-state index contributed by atoms with van der Waals surface area (Å²) in [5, 5.41) is 2.64. The maximum Gasteiger partial charge on any atom is 0.232 e. The van der Waals surface area contributed by atoms with Gasteiger partial charge in [-0.3, -0.25) is 4.79 Å². The second-order valence-electron chi connectivity index (χ2n) is 8.52. The van der Waals surface area contributed by atoms with Crippen molar-refractivity contribution >= 4 is 41.1 Å². The molecule has 0 spiro atoms. The summed E-state index contributed by atoms with van der Waals surface area (Å²) in [6, 6.07) is 0. The minimum atomic E-state index is -1.67. The summed E-state index contributed by atoms with van der Waals surface area (Å²) in [5.74, 6) is 0. The molecule has 1 rings (SSSR count). The van der Waals surface area contributed by atoms with Crippen LogP contribution in [0.25, 0.3) is 0 Å². The van der Waals surface area contributed by atoms with Crippen molar-refractivity contribution < 1.29 is 4.79 Å². The Morgan fingerprint density at radius 2 is 1.11 bits per heavy atom. The van der Waals surface area contributed by atoms with Crippen molar-refractivity contribution in [3.8, 4) is 0 Å². The molecule has 0 aromatic rings. The van der Waals surface area contributed by atoms with E-state index in [1.807, 2.05) is 0 Å². The molecule has 18 heavy (non-hydrogen) atoms. The highest BCUT2D eigenvalue weighted by Crippen LogP contribution is 2.71. The van der Waals surface area contributed by atoms with Gasteiger partial charge < -0.3 is 0 Å². The van der Waals surface area contributed by atoms with Gasteiger partial charge in [-0.1, -0.05) is 69.3 Å². The Labute approximate surface area is 120 Å². The lowest BCUT2D eigenvalue weighted by molar-refractivity contribution is -0.112. The third-order valence-corrected chi connectivity index (χ3v) is 12.3. The van der Waals surface area contributed by atoms with Gasteiger partial charge in [0.2, 0.25) is 5.24 Å². The molecule has 1 aliphatic rings. The highest BCUT2D eigenvalue weighted by Gasteiger charge is 2.69. The van der Waals surface area contributed by atoms with Crippen molar-refractivity contribution in [1.29, 1.82) is 0 Å². The molecule has 0 atom stereocenters. The van der Waals surface area contributed by atoms with Crippen molar-refractivity contribution in [3.05, 3.63) is 10.4 Å². The Hall–Kier alpha value is 0.351. The molecule has 0 amide bonds. The van der Waals surface area contributed by atoms with Crippen molar-refractivity contribution in [1.82, 2.24) is 0 Å². The Morgan fingerprint density at radius 1 is 0.833 bits per heavy atom. The van der Waals surface area contributed by atoms with Crippen LogP contribution in [0.3, 0.4) is 0 Å². The quantitative estimate of drug-likeness (QED) is 0.532. The fourth-order valence-corrected chi connectivity index (χ4v) is 18.5. The highest BCUT2D eigenvalue weighted by atomic mass is 35.5. The third-order valence-electron chi connectivity index (χ3n) is 3.86. The van der Waals surface area contributed by atoms with E-state index in [0.29, 0.717) is 0 Å². The van der Waals surface area contributed by atoms with Gasteiger partial charge in [0.05, 0.1) is 29.3 Å². The lowest BCUT2D eigenvalue weighted by Crippen LogP contribution is -2.42. The van der Waals surface area contributed by atoms with Crippen molar-refractivity contribution in [3.63, 3.8) is 0 Å². The summed E-state index contributed by atoms with van der Waals surface area (Å²) in [4.78, 5) is 12.3. The van der Waals surface area contributed by atoms with Crippen LogP contribution in [0.15, 0.2) is 10.4 Å². The molecule has 0 saturated carbocycles. The van der Waals surface area contributed by atoms with Gasteiger partial charge in [0, 0.05) is 0 Å². The Balaban J connectivity index is 3.50. The number of rotatable bonds is 4. The number of carbonyl (C=O) groups excluding carboxylic acids is 1. The molecule has 5 heteroatoms. The topological polar surface area (TPSA) is 17.1 Å². The first-order valence-electron chi connectivity index (χ1n) is 6.64. The van der Waals surface area contributed by atoms with Gasteiger partial charge in [-0.25, -0.2) is 0 Å². The van der Waals surface area contributed by atoms with Gasteiger partial charge in [-0.05, 0) is 11.6 Å². The van der Waals surface area contributed by atoms with Gasteiger partial charge in [0.25, 0.3) is 0 Å². The molecule has 0 heterocycles. The minimum absolute atomic E-state index is 0.0866. The molecule has 0 unspecified atom stereocenters. The first-order valence-corrected chi connectivity index (χ1v) is 17.5. The molecule has 0 N–H and O–H groups in total. The second kappa shape index (κ2) is 4.17. The molecule has 0 fully saturated rings. The van der Waals surface area contributed by atoms with E-state index in [0.717, 1.165) is 0 Å². The van der Waals surface area contributed by atoms with E-state index in [2.05, 4.69) is 58.9 Å². The molecule has 1 nitrogen and oxygen atoms in total. The van der Waals surface area contributed by atoms with Crippen LogP contribution in [0.5, 0.6) is 0 Å². The summed E-state index contributed by atoms with van der Waals surface area (Å²) >= 11 is 6.12. The summed E-state index contributed by atoms with van der Waals surface area (Å²) in [7, 11) is -4.59. The van der Waals surface area contributed by atoms with E-state index in [-0.39, 0.29) is 10.3 Å². The Kier molecular flexibility index (Phi) is 3.80. The Morgan fingerprint density at radius 3 is 1.17 bits per heavy atom. The van der Waals surface area contributed by atoms with Crippen LogP contribution in [0.2, 0.25) is 64.0 Å². The zero-order valence-electron chi connectivity index (χ0n) is 13.3. The molecule has 0 aromatic carbocycles. The van der Waals surface area contributed by atoms with Crippen molar-refractivity contribution in [2.75, 3.05) is 0 Å². The van der Waals surface area contributed by atoms with Gasteiger partial charge in [0.1, 0.15) is 0 Å². The first kappa shape index (κ1) is 16.4. The van der Waals surface area contributed by atoms with E-state index < -0.39 is 24.2 Å². The highest BCUT2D eigenvalue weighted by molar-refractivity contribution is 7.05. The molecule has 0 bridgehead atoms. The number of hydrogen-bond donors (Lipinski definition) is 0. The number of halogens is 1. The largest absolute Gasteiger partial charge is 0.280 e. The molecule has 1 aliphatic carbocycles. The maximum absolute atomic E-state index is 12.3. The summed E-state index contributed by atoms with van der Waals surface area (Å²) in [6.45, 7) is 21.0. The van der Waals surface area contributed by atoms with Crippen molar-refractivity contribution in [2.45, 2.75) is 64.0 Å². The molecule has 104 valence electrons. The predicted octanol–water partition coefficient (Wildman–Crippen LogP) is 4.90. The van der Waals surface area contributed by atoms with Crippen LogP contribution in [-0.2, 0) is 4.79 Å². The van der Waals surface area contributed by atoms with E-state index in [4.69, 9.17) is 11.6 Å². The van der Waals surface area contributed by atoms with E-state index >= 15 is 0 Å². The number of hydrogen-bond acceptors (Lipinski definition) is 1. The lowest BCUT2D eigenvalue weighted by atomic mass is 10.4. The van der Waals surface area contributed by atoms with Gasteiger partial charge >= 0.3 is 0 Å². The van der Waals surface area contributed by atoms with Crippen molar-refractivity contribution in [2.24, 2.45) is 0 Å². The zero-order valence-corrected chi connectivity index (χ0v) is 17.0. The molecule has 0 aliphatic heterocycles. The van der Waals surface area contributed by atoms with E-state index in [9.17, 15) is 4.79 Å². The number of carbonyl (C=O) groups is 1. The predicted molar refractivity (Wildman–Crippen MR) is 90.6 cm³/mol. The van der Waals surface area contributed by atoms with Crippen LogP contribution < -0.4 is 0 Å². The molecular weight excluding hydrogens is 292 g/mol. The second-order valence-corrected chi connectivity index (χ2v) is 24.1. The summed E-state index contributed by atoms with van der Waals surface area (Å²) < 4.78 is 0. The fourth-order valence-electron chi connectivity index (χ4n) is 3.40. The molecular formula is C13H27ClOSi3. The van der Waals surface area contributed by atoms with Gasteiger partial charge in [-0.15, -0.1) is 0 Å². The average molecular weight is 319 g/mol. The monoisotopic (exact) mass is 318 g/mol. The third kappa shape index (κ3) is 2.25. The summed E-state index contributed by atoms with van der Waals surface area (Å²) in [5.41, 5.74) is 0. The van der Waals surface area contributed by atoms with Crippen LogP contribution in [-0.4, -0.2) is 29.5 Å². The minimum Gasteiger partial charge on any atom is -0.280 e. The van der Waals surface area contributed by atoms with E-state index in [1.54, 1.807) is 0 Å². The van der Waals surface area contributed by atoms with Gasteiger partial charge in [0.15, 0.2) is 0 Å². The average Bonchev–Trinajstić information content (AvgIpc) is 2.68. The van der Waals surface area contributed by atoms with Crippen LogP contribution in [0.4, 0.5) is 0 Å². The van der Waals surface area contributed by atoms with Crippen LogP contribution in [0, 0.1) is 0 Å². The fraction of sp³-hybridized carbons (Fsp3) is 0.769. The van der Waals surface area contributed by atoms with Crippen LogP contribution >= 0.6 is 11.6 Å². The molecule has 0 saturated heterocycles. The normalized spacial score (nSPS) is 20.1. The first-order chi connectivity index (χ1) is 7.68. The zero-order chi connectivity index (χ0) is 14.7. The molecule has 0 aromatic heterocycles. The standard InChI is InChI=1S/C13H27ClOSi3/c1-16(2,3)10-11(17(4,5)6)13(10,12(14)15)18(7,8)9/h1-9H3. The molecule has 0 radical (unpaired) electrons. The maximum atomic E-state index is 12.3. The Bertz CT molecular complexity index is 395. The van der Waals surface area contributed by atoms with E-state index in [1.165, 1.54) is 10.4 Å². The van der Waals surface area contributed by atoms with Crippen LogP contribution in [0.1, 0.15) is 0 Å². The SMILES string of the molecule is C[Si](C)(C)C1=C([Si](C)(C)C)C1(C(=O)Cl)[Si](C)(C)C. The summed E-state index contributed by atoms with van der Waals surface area (Å²) in [6.07, 6.45) is 0. The van der Waals surface area contributed by atoms with Gasteiger partial charge in [-0.2, -0.15) is 0 Å². The lowest BCUT2D eigenvalue weighted by Gasteiger charge is -2.34. The smallest absolute Gasteiger partial charge is 0.232 e.